The van der Waals surface area contributed by atoms with Crippen LogP contribution in [0.3, 0.4) is 0 Å². The smallest absolute Gasteiger partial charge is 0.303 e. The minimum atomic E-state index is -0.922. The number of thioether (sulfide) groups is 2. The van der Waals surface area contributed by atoms with E-state index in [1.54, 1.807) is 47.8 Å². The average molecular weight is 643 g/mol. The van der Waals surface area contributed by atoms with Crippen molar-refractivity contribution in [2.75, 3.05) is 18.1 Å². The number of aliphatic carboxylic acids is 2. The number of carbonyl (C=O) groups is 3. The van der Waals surface area contributed by atoms with Crippen LogP contribution < -0.4 is 4.74 Å². The number of Topliss-reactive ketones (excluding diaryl/α,β-unsaturated/α-hetero) is 1. The summed E-state index contributed by atoms with van der Waals surface area (Å²) in [5.74, 6) is 0.620. The van der Waals surface area contributed by atoms with Crippen molar-refractivity contribution in [3.63, 3.8) is 0 Å². The molecule has 44 heavy (non-hydrogen) atoms. The summed E-state index contributed by atoms with van der Waals surface area (Å²) in [5, 5.41) is 37.2. The van der Waals surface area contributed by atoms with Gasteiger partial charge in [-0.25, -0.2) is 0 Å². The van der Waals surface area contributed by atoms with Gasteiger partial charge in [-0.3, -0.25) is 14.4 Å². The number of ketones is 1. The summed E-state index contributed by atoms with van der Waals surface area (Å²) in [6.45, 7) is 4.10. The molecule has 0 bridgehead atoms. The van der Waals surface area contributed by atoms with Crippen molar-refractivity contribution < 1.29 is 39.5 Å². The van der Waals surface area contributed by atoms with E-state index in [1.165, 1.54) is 11.8 Å². The Balaban J connectivity index is 0.000000312. The average Bonchev–Trinajstić information content (AvgIpc) is 3.00. The minimum absolute atomic E-state index is 0.0626. The molecule has 238 valence electrons. The van der Waals surface area contributed by atoms with Crippen molar-refractivity contribution in [1.29, 1.82) is 0 Å². The summed E-state index contributed by atoms with van der Waals surface area (Å²) in [4.78, 5) is 34.6. The highest BCUT2D eigenvalue weighted by atomic mass is 32.2. The lowest BCUT2D eigenvalue weighted by atomic mass is 10.0. The van der Waals surface area contributed by atoms with Gasteiger partial charge in [0.05, 0.1) is 18.3 Å². The Hall–Kier alpha value is -3.47. The van der Waals surface area contributed by atoms with Crippen LogP contribution in [0.25, 0.3) is 0 Å². The number of hydrogen-bond donors (Lipinski definition) is 4. The van der Waals surface area contributed by atoms with Crippen molar-refractivity contribution in [3.8, 4) is 11.5 Å². The second-order valence-corrected chi connectivity index (χ2v) is 12.3. The van der Waals surface area contributed by atoms with Gasteiger partial charge in [-0.2, -0.15) is 0 Å². The fourth-order valence-corrected chi connectivity index (χ4v) is 5.80. The first-order valence-corrected chi connectivity index (χ1v) is 16.6. The number of carbonyl (C=O) groups excluding carboxylic acids is 1. The Bertz CT molecular complexity index is 1310. The van der Waals surface area contributed by atoms with Gasteiger partial charge in [-0.05, 0) is 80.3 Å². The largest absolute Gasteiger partial charge is 0.507 e. The molecule has 0 fully saturated rings. The number of hydrogen-bond acceptors (Lipinski definition) is 8. The zero-order valence-electron chi connectivity index (χ0n) is 25.2. The van der Waals surface area contributed by atoms with Crippen LogP contribution >= 0.6 is 23.5 Å². The molecule has 10 heteroatoms. The molecular weight excluding hydrogens is 601 g/mol. The fraction of sp³-hybridized carbons (Fsp3) is 0.382. The SMILES string of the molecule is CCCc1c(OCCCSc2ccccc2)ccc(C(C)=O)c1O.O=C(O)CCCSc1ccc(C(O)CCC(=O)O)cc1. The minimum Gasteiger partial charge on any atom is -0.507 e. The lowest BCUT2D eigenvalue weighted by molar-refractivity contribution is -0.138. The molecule has 8 nitrogen and oxygen atoms in total. The molecule has 3 aromatic carbocycles. The number of carboxylic acid groups (broad SMARTS) is 2. The Morgan fingerprint density at radius 2 is 1.43 bits per heavy atom. The zero-order valence-corrected chi connectivity index (χ0v) is 26.9. The molecule has 0 aliphatic heterocycles. The van der Waals surface area contributed by atoms with Gasteiger partial charge in [0.15, 0.2) is 5.78 Å². The van der Waals surface area contributed by atoms with E-state index in [2.05, 4.69) is 12.1 Å². The predicted octanol–water partition coefficient (Wildman–Crippen LogP) is 7.65. The molecule has 0 saturated carbocycles. The number of carboxylic acids is 2. The Morgan fingerprint density at radius 1 is 0.818 bits per heavy atom. The van der Waals surface area contributed by atoms with Crippen LogP contribution in [0.15, 0.2) is 76.5 Å². The number of ether oxygens (including phenoxy) is 1. The highest BCUT2D eigenvalue weighted by Gasteiger charge is 2.16. The molecule has 4 N–H and O–H groups in total. The molecule has 1 atom stereocenters. The molecular formula is C34H42O8S2. The van der Waals surface area contributed by atoms with E-state index in [-0.39, 0.29) is 30.8 Å². The van der Waals surface area contributed by atoms with Crippen LogP contribution in [0.1, 0.15) is 80.0 Å². The third kappa shape index (κ3) is 13.9. The van der Waals surface area contributed by atoms with Crippen LogP contribution in [0.4, 0.5) is 0 Å². The second kappa shape index (κ2) is 20.5. The van der Waals surface area contributed by atoms with Crippen LogP contribution in [0, 0.1) is 0 Å². The van der Waals surface area contributed by atoms with Crippen molar-refractivity contribution >= 4 is 41.2 Å². The monoisotopic (exact) mass is 642 g/mol. The molecule has 0 heterocycles. The molecule has 0 aliphatic carbocycles. The molecule has 0 aliphatic rings. The first-order valence-electron chi connectivity index (χ1n) is 14.6. The van der Waals surface area contributed by atoms with Gasteiger partial charge in [0.25, 0.3) is 0 Å². The van der Waals surface area contributed by atoms with Gasteiger partial charge in [-0.1, -0.05) is 43.7 Å². The molecule has 0 amide bonds. The van der Waals surface area contributed by atoms with Gasteiger partial charge in [-0.15, -0.1) is 23.5 Å². The van der Waals surface area contributed by atoms with Gasteiger partial charge in [0.1, 0.15) is 11.5 Å². The van der Waals surface area contributed by atoms with Crippen molar-refractivity contribution in [3.05, 3.63) is 83.4 Å². The van der Waals surface area contributed by atoms with Crippen LogP contribution in [-0.4, -0.2) is 56.3 Å². The van der Waals surface area contributed by atoms with E-state index in [0.717, 1.165) is 34.8 Å². The topological polar surface area (TPSA) is 141 Å². The van der Waals surface area contributed by atoms with Gasteiger partial charge < -0.3 is 25.2 Å². The highest BCUT2D eigenvalue weighted by Crippen LogP contribution is 2.33. The first-order chi connectivity index (χ1) is 21.1. The number of aliphatic hydroxyl groups excluding tert-OH is 1. The quantitative estimate of drug-likeness (QED) is 0.0621. The predicted molar refractivity (Wildman–Crippen MR) is 175 cm³/mol. The maximum atomic E-state index is 11.6. The maximum absolute atomic E-state index is 11.6. The van der Waals surface area contributed by atoms with Crippen LogP contribution in [0.2, 0.25) is 0 Å². The summed E-state index contributed by atoms with van der Waals surface area (Å²) < 4.78 is 5.86. The molecule has 3 rings (SSSR count). The number of phenols is 1. The standard InChI is InChI=1S/C20H24O3S.C14H18O5S/c1-3-8-18-19(12-11-17(15(2)21)20(18)22)23-13-7-14-24-16-9-5-4-6-10-16;15-12(7-8-14(18)19)10-3-5-11(6-4-10)20-9-1-2-13(16)17/h4-6,9-12,22H,3,7-8,13-14H2,1-2H3;3-6,12,15H,1-2,7-9H2,(H,16,17)(H,18,19). The number of phenolic OH excluding ortho intramolecular Hbond substituents is 1. The van der Waals surface area contributed by atoms with Crippen molar-refractivity contribution in [1.82, 2.24) is 0 Å². The van der Waals surface area contributed by atoms with Crippen molar-refractivity contribution in [2.45, 2.75) is 74.7 Å². The van der Waals surface area contributed by atoms with E-state index in [4.69, 9.17) is 14.9 Å². The van der Waals surface area contributed by atoms with E-state index in [0.29, 0.717) is 36.3 Å². The van der Waals surface area contributed by atoms with Gasteiger partial charge in [0.2, 0.25) is 0 Å². The Labute approximate surface area is 267 Å². The molecule has 1 unspecified atom stereocenters. The number of aromatic hydroxyl groups is 1. The van der Waals surface area contributed by atoms with E-state index >= 15 is 0 Å². The molecule has 3 aromatic rings. The summed E-state index contributed by atoms with van der Waals surface area (Å²) in [6, 6.07) is 21.0. The lowest BCUT2D eigenvalue weighted by Gasteiger charge is -2.14. The number of aliphatic hydroxyl groups is 1. The lowest BCUT2D eigenvalue weighted by Crippen LogP contribution is -2.04. The maximum Gasteiger partial charge on any atom is 0.303 e. The zero-order chi connectivity index (χ0) is 32.3. The molecule has 0 radical (unpaired) electrons. The molecule has 0 spiro atoms. The number of rotatable bonds is 18. The summed E-state index contributed by atoms with van der Waals surface area (Å²) >= 11 is 3.37. The fourth-order valence-electron chi connectivity index (χ4n) is 4.10. The van der Waals surface area contributed by atoms with Gasteiger partial charge in [0, 0.05) is 33.9 Å². The van der Waals surface area contributed by atoms with Crippen LogP contribution in [0.5, 0.6) is 11.5 Å². The number of benzene rings is 3. The molecule has 0 aromatic heterocycles. The summed E-state index contributed by atoms with van der Waals surface area (Å²) in [7, 11) is 0. The highest BCUT2D eigenvalue weighted by molar-refractivity contribution is 7.99. The van der Waals surface area contributed by atoms with Gasteiger partial charge >= 0.3 is 11.9 Å². The van der Waals surface area contributed by atoms with E-state index < -0.39 is 18.0 Å². The summed E-state index contributed by atoms with van der Waals surface area (Å²) in [6.07, 6.45) is 2.64. The Morgan fingerprint density at radius 3 is 2.02 bits per heavy atom. The van der Waals surface area contributed by atoms with E-state index in [9.17, 15) is 24.6 Å². The third-order valence-corrected chi connectivity index (χ3v) is 8.57. The molecule has 0 saturated heterocycles. The summed E-state index contributed by atoms with van der Waals surface area (Å²) in [5.41, 5.74) is 1.80. The van der Waals surface area contributed by atoms with E-state index in [1.807, 2.05) is 37.3 Å². The normalized spacial score (nSPS) is 11.2. The van der Waals surface area contributed by atoms with Crippen molar-refractivity contribution in [2.24, 2.45) is 0 Å². The second-order valence-electron chi connectivity index (χ2n) is 9.97. The third-order valence-electron chi connectivity index (χ3n) is 6.38. The van der Waals surface area contributed by atoms with Crippen LogP contribution in [-0.2, 0) is 16.0 Å². The Kier molecular flexibility index (Phi) is 17.1. The first kappa shape index (κ1) is 36.7.